The molecule has 2 aromatic heterocycles. The van der Waals surface area contributed by atoms with Crippen molar-refractivity contribution in [1.82, 2.24) is 9.38 Å². The van der Waals surface area contributed by atoms with E-state index in [1.165, 1.54) is 10.5 Å². The van der Waals surface area contributed by atoms with E-state index in [1.54, 1.807) is 36.5 Å². The highest BCUT2D eigenvalue weighted by Crippen LogP contribution is 2.27. The topological polar surface area (TPSA) is 96.5 Å². The minimum atomic E-state index is -0.716. The van der Waals surface area contributed by atoms with Crippen LogP contribution in [0.25, 0.3) is 11.7 Å². The summed E-state index contributed by atoms with van der Waals surface area (Å²) in [4.78, 5) is 30.9. The summed E-state index contributed by atoms with van der Waals surface area (Å²) in [6.07, 6.45) is 2.76. The van der Waals surface area contributed by atoms with E-state index in [9.17, 15) is 14.9 Å². The Morgan fingerprint density at radius 3 is 2.51 bits per heavy atom. The van der Waals surface area contributed by atoms with Gasteiger partial charge in [0.1, 0.15) is 28.6 Å². The quantitative estimate of drug-likeness (QED) is 0.293. The average Bonchev–Trinajstić information content (AvgIpc) is 2.80. The SMILES string of the molecule is Cc1cc(C)cc(Oc2nc3c(C)cccn3c(=O)c2/C=C(/C#N)C(=O)Nc2ccccc2Cl)c1. The molecule has 0 radical (unpaired) electrons. The molecule has 1 N–H and O–H groups in total. The van der Waals surface area contributed by atoms with Gasteiger partial charge in [0.2, 0.25) is 5.88 Å². The minimum absolute atomic E-state index is 0.00686. The van der Waals surface area contributed by atoms with Crippen molar-refractivity contribution in [3.8, 4) is 17.7 Å². The summed E-state index contributed by atoms with van der Waals surface area (Å²) in [5.74, 6) is -0.236. The van der Waals surface area contributed by atoms with Crippen LogP contribution in [0.5, 0.6) is 11.6 Å². The first-order valence-corrected chi connectivity index (χ1v) is 11.1. The molecular weight excluding hydrogens is 464 g/mol. The van der Waals surface area contributed by atoms with Crippen LogP contribution < -0.4 is 15.6 Å². The van der Waals surface area contributed by atoms with Crippen molar-refractivity contribution < 1.29 is 9.53 Å². The van der Waals surface area contributed by atoms with Gasteiger partial charge in [-0.3, -0.25) is 14.0 Å². The first-order valence-electron chi connectivity index (χ1n) is 10.7. The number of amides is 1. The normalized spacial score (nSPS) is 11.2. The van der Waals surface area contributed by atoms with Crippen molar-refractivity contribution in [2.24, 2.45) is 0 Å². The molecule has 1 amide bonds. The van der Waals surface area contributed by atoms with Gasteiger partial charge in [-0.15, -0.1) is 0 Å². The van der Waals surface area contributed by atoms with Crippen molar-refractivity contribution in [3.05, 3.63) is 104 Å². The Morgan fingerprint density at radius 1 is 1.11 bits per heavy atom. The summed E-state index contributed by atoms with van der Waals surface area (Å²) in [5.41, 5.74) is 2.66. The molecule has 0 aliphatic rings. The number of nitriles is 1. The maximum atomic E-state index is 13.4. The summed E-state index contributed by atoms with van der Waals surface area (Å²) in [7, 11) is 0. The molecule has 0 unspecified atom stereocenters. The molecule has 0 aliphatic carbocycles. The second-order valence-electron chi connectivity index (χ2n) is 8.05. The van der Waals surface area contributed by atoms with Gasteiger partial charge in [-0.25, -0.2) is 0 Å². The van der Waals surface area contributed by atoms with Crippen LogP contribution in [0.3, 0.4) is 0 Å². The maximum Gasteiger partial charge on any atom is 0.269 e. The third-order valence-corrected chi connectivity index (χ3v) is 5.56. The van der Waals surface area contributed by atoms with Crippen molar-refractivity contribution in [2.75, 3.05) is 5.32 Å². The second-order valence-corrected chi connectivity index (χ2v) is 8.46. The van der Waals surface area contributed by atoms with Gasteiger partial charge in [-0.05, 0) is 73.9 Å². The largest absolute Gasteiger partial charge is 0.438 e. The molecule has 0 saturated carbocycles. The van der Waals surface area contributed by atoms with Crippen LogP contribution in [0, 0.1) is 32.1 Å². The number of pyridine rings is 1. The molecule has 8 heteroatoms. The lowest BCUT2D eigenvalue weighted by molar-refractivity contribution is -0.112. The highest BCUT2D eigenvalue weighted by Gasteiger charge is 2.19. The molecule has 2 heterocycles. The number of hydrogen-bond acceptors (Lipinski definition) is 5. The molecule has 0 spiro atoms. The number of carbonyl (C=O) groups excluding carboxylic acids is 1. The van der Waals surface area contributed by atoms with Gasteiger partial charge in [0.15, 0.2) is 0 Å². The number of benzene rings is 2. The number of fused-ring (bicyclic) bond motifs is 1. The zero-order chi connectivity index (χ0) is 25.1. The third kappa shape index (κ3) is 5.08. The van der Waals surface area contributed by atoms with Crippen molar-refractivity contribution >= 4 is 34.9 Å². The van der Waals surface area contributed by atoms with Gasteiger partial charge < -0.3 is 10.1 Å². The van der Waals surface area contributed by atoms with Crippen LogP contribution >= 0.6 is 11.6 Å². The molecule has 0 aliphatic heterocycles. The van der Waals surface area contributed by atoms with Crippen molar-refractivity contribution in [1.29, 1.82) is 5.26 Å². The molecule has 174 valence electrons. The molecular formula is C27H21ClN4O3. The number of hydrogen-bond donors (Lipinski definition) is 1. The second kappa shape index (κ2) is 9.84. The Balaban J connectivity index is 1.86. The van der Waals surface area contributed by atoms with Crippen LogP contribution in [0.1, 0.15) is 22.3 Å². The van der Waals surface area contributed by atoms with E-state index in [1.807, 2.05) is 51.1 Å². The van der Waals surface area contributed by atoms with Crippen molar-refractivity contribution in [2.45, 2.75) is 20.8 Å². The number of nitrogens with zero attached hydrogens (tertiary/aromatic N) is 3. The molecule has 35 heavy (non-hydrogen) atoms. The van der Waals surface area contributed by atoms with Crippen LogP contribution in [0.2, 0.25) is 5.02 Å². The fourth-order valence-electron chi connectivity index (χ4n) is 3.64. The van der Waals surface area contributed by atoms with Gasteiger partial charge in [0.05, 0.1) is 10.7 Å². The smallest absolute Gasteiger partial charge is 0.269 e. The third-order valence-electron chi connectivity index (χ3n) is 5.23. The Labute approximate surface area is 206 Å². The van der Waals surface area contributed by atoms with Crippen LogP contribution in [-0.4, -0.2) is 15.3 Å². The Hall–Kier alpha value is -4.41. The Morgan fingerprint density at radius 2 is 1.83 bits per heavy atom. The van der Waals surface area contributed by atoms with Gasteiger partial charge in [-0.2, -0.15) is 10.2 Å². The molecule has 0 fully saturated rings. The standard InChI is InChI=1S/C27H21ClN4O3/c1-16-11-17(2)13-20(12-16)35-26-21(27(34)32-10-6-7-18(3)24(32)31-26)14-19(15-29)25(33)30-23-9-5-4-8-22(23)28/h4-14H,1-3H3,(H,30,33)/b19-14-. The summed E-state index contributed by atoms with van der Waals surface area (Å²) >= 11 is 6.12. The number of nitrogens with one attached hydrogen (secondary N) is 1. The van der Waals surface area contributed by atoms with E-state index in [0.29, 0.717) is 22.1 Å². The zero-order valence-corrected chi connectivity index (χ0v) is 20.1. The monoisotopic (exact) mass is 484 g/mol. The van der Waals surface area contributed by atoms with Crippen LogP contribution in [0.15, 0.2) is 71.2 Å². The number of ether oxygens (including phenoxy) is 1. The van der Waals surface area contributed by atoms with E-state index in [4.69, 9.17) is 16.3 Å². The van der Waals surface area contributed by atoms with Gasteiger partial charge in [0, 0.05) is 6.20 Å². The summed E-state index contributed by atoms with van der Waals surface area (Å²) < 4.78 is 7.40. The molecule has 0 saturated heterocycles. The van der Waals surface area contributed by atoms with Gasteiger partial charge in [-0.1, -0.05) is 35.9 Å². The summed E-state index contributed by atoms with van der Waals surface area (Å²) in [6.45, 7) is 5.69. The van der Waals surface area contributed by atoms with E-state index < -0.39 is 11.5 Å². The average molecular weight is 485 g/mol. The Kier molecular flexibility index (Phi) is 6.67. The number of carbonyl (C=O) groups is 1. The summed E-state index contributed by atoms with van der Waals surface area (Å²) in [5, 5.41) is 12.6. The lowest BCUT2D eigenvalue weighted by Gasteiger charge is -2.12. The molecule has 0 atom stereocenters. The predicted octanol–water partition coefficient (Wildman–Crippen LogP) is 5.61. The van der Waals surface area contributed by atoms with Crippen LogP contribution in [0.4, 0.5) is 5.69 Å². The molecule has 4 rings (SSSR count). The van der Waals surface area contributed by atoms with E-state index in [0.717, 1.165) is 16.7 Å². The number of halogens is 1. The minimum Gasteiger partial charge on any atom is -0.438 e. The maximum absolute atomic E-state index is 13.4. The first kappa shape index (κ1) is 23.7. The van der Waals surface area contributed by atoms with E-state index in [-0.39, 0.29) is 17.0 Å². The number of aryl methyl sites for hydroxylation is 3. The van der Waals surface area contributed by atoms with Crippen molar-refractivity contribution in [3.63, 3.8) is 0 Å². The fraction of sp³-hybridized carbons (Fsp3) is 0.111. The molecule has 7 nitrogen and oxygen atoms in total. The molecule has 2 aromatic carbocycles. The predicted molar refractivity (Wildman–Crippen MR) is 136 cm³/mol. The molecule has 4 aromatic rings. The highest BCUT2D eigenvalue weighted by atomic mass is 35.5. The van der Waals surface area contributed by atoms with E-state index in [2.05, 4.69) is 10.3 Å². The van der Waals surface area contributed by atoms with Crippen LogP contribution in [-0.2, 0) is 4.79 Å². The number of aromatic nitrogens is 2. The number of anilines is 1. The highest BCUT2D eigenvalue weighted by molar-refractivity contribution is 6.34. The molecule has 0 bridgehead atoms. The van der Waals surface area contributed by atoms with Gasteiger partial charge >= 0.3 is 0 Å². The number of para-hydroxylation sites is 1. The zero-order valence-electron chi connectivity index (χ0n) is 19.3. The Bertz CT molecular complexity index is 1580. The fourth-order valence-corrected chi connectivity index (χ4v) is 3.83. The van der Waals surface area contributed by atoms with E-state index >= 15 is 0 Å². The first-order chi connectivity index (χ1) is 16.8. The van der Waals surface area contributed by atoms with Gasteiger partial charge in [0.25, 0.3) is 11.5 Å². The lowest BCUT2D eigenvalue weighted by Crippen LogP contribution is -2.20. The lowest BCUT2D eigenvalue weighted by atomic mass is 10.1. The number of rotatable bonds is 5. The summed E-state index contributed by atoms with van der Waals surface area (Å²) in [6, 6.07) is 17.7.